The number of nitrogens with one attached hydrogen (secondary N) is 1. The lowest BCUT2D eigenvalue weighted by Gasteiger charge is -2.20. The van der Waals surface area contributed by atoms with Crippen molar-refractivity contribution < 1.29 is 13.2 Å². The first-order valence-corrected chi connectivity index (χ1v) is 10.1. The maximum Gasteiger partial charge on any atom is 0.255 e. The molecule has 0 saturated carbocycles. The Morgan fingerprint density at radius 2 is 1.81 bits per heavy atom. The first-order valence-electron chi connectivity index (χ1n) is 8.67. The van der Waals surface area contributed by atoms with Crippen LogP contribution in [0.1, 0.15) is 40.9 Å². The number of sulfonamides is 1. The van der Waals surface area contributed by atoms with E-state index in [0.717, 1.165) is 11.1 Å². The Bertz CT molecular complexity index is 1000. The minimum absolute atomic E-state index is 0.148. The van der Waals surface area contributed by atoms with Gasteiger partial charge in [-0.3, -0.25) is 4.79 Å². The van der Waals surface area contributed by atoms with E-state index >= 15 is 0 Å². The number of carbonyl (C=O) groups excluding carboxylic acids is 1. The predicted octanol–water partition coefficient (Wildman–Crippen LogP) is 3.46. The first kappa shape index (κ1) is 20.6. The Hall–Kier alpha value is -2.69. The van der Waals surface area contributed by atoms with Gasteiger partial charge in [-0.25, -0.2) is 8.42 Å². The van der Waals surface area contributed by atoms with Crippen LogP contribution in [0.4, 0.5) is 5.69 Å². The monoisotopic (exact) mass is 385 g/mol. The van der Waals surface area contributed by atoms with Crippen molar-refractivity contribution in [3.05, 3.63) is 58.7 Å². The molecule has 0 aliphatic carbocycles. The summed E-state index contributed by atoms with van der Waals surface area (Å²) >= 11 is 0. The lowest BCUT2D eigenvalue weighted by atomic mass is 10.1. The van der Waals surface area contributed by atoms with Crippen LogP contribution in [0.2, 0.25) is 0 Å². The van der Waals surface area contributed by atoms with Crippen molar-refractivity contribution in [1.82, 2.24) is 4.31 Å². The fourth-order valence-corrected chi connectivity index (χ4v) is 4.31. The van der Waals surface area contributed by atoms with Gasteiger partial charge in [-0.05, 0) is 55.3 Å². The van der Waals surface area contributed by atoms with Crippen LogP contribution in [0.15, 0.2) is 41.3 Å². The Morgan fingerprint density at radius 1 is 1.15 bits per heavy atom. The van der Waals surface area contributed by atoms with Crippen molar-refractivity contribution >= 4 is 21.6 Å². The zero-order chi connectivity index (χ0) is 20.2. The summed E-state index contributed by atoms with van der Waals surface area (Å²) in [5.74, 6) is -0.396. The maximum atomic E-state index is 12.8. The highest BCUT2D eigenvalue weighted by molar-refractivity contribution is 7.89. The van der Waals surface area contributed by atoms with Crippen molar-refractivity contribution in [2.75, 3.05) is 18.4 Å². The molecule has 6 nitrogen and oxygen atoms in total. The molecule has 0 saturated heterocycles. The summed E-state index contributed by atoms with van der Waals surface area (Å²) in [6.45, 7) is 7.94. The highest BCUT2D eigenvalue weighted by Gasteiger charge is 2.23. The van der Waals surface area contributed by atoms with Gasteiger partial charge in [-0.1, -0.05) is 19.9 Å². The Morgan fingerprint density at radius 3 is 2.41 bits per heavy atom. The zero-order valence-corrected chi connectivity index (χ0v) is 16.7. The van der Waals surface area contributed by atoms with Crippen LogP contribution in [0, 0.1) is 25.2 Å². The summed E-state index contributed by atoms with van der Waals surface area (Å²) in [4.78, 5) is 12.7. The van der Waals surface area contributed by atoms with Crippen molar-refractivity contribution in [2.45, 2.75) is 32.6 Å². The SMILES string of the molecule is CCN(CC)S(=O)(=O)c1cc(C)c(C)c(NC(=O)c2cccc(C#N)c2)c1. The molecule has 7 heteroatoms. The van der Waals surface area contributed by atoms with Gasteiger partial charge in [-0.15, -0.1) is 0 Å². The third-order valence-corrected chi connectivity index (χ3v) is 6.51. The van der Waals surface area contributed by atoms with Gasteiger partial charge in [0.25, 0.3) is 5.91 Å². The fraction of sp³-hybridized carbons (Fsp3) is 0.300. The van der Waals surface area contributed by atoms with Gasteiger partial charge in [0.2, 0.25) is 10.0 Å². The van der Waals surface area contributed by atoms with E-state index in [1.54, 1.807) is 38.1 Å². The Labute approximate surface area is 160 Å². The minimum atomic E-state index is -3.64. The topological polar surface area (TPSA) is 90.3 Å². The van der Waals surface area contributed by atoms with Crippen molar-refractivity contribution in [2.24, 2.45) is 0 Å². The quantitative estimate of drug-likeness (QED) is 0.824. The van der Waals surface area contributed by atoms with Crippen molar-refractivity contribution in [1.29, 1.82) is 5.26 Å². The molecule has 142 valence electrons. The van der Waals surface area contributed by atoms with Gasteiger partial charge < -0.3 is 5.32 Å². The number of hydrogen-bond acceptors (Lipinski definition) is 4. The molecular formula is C20H23N3O3S. The van der Waals surface area contributed by atoms with Crippen LogP contribution in [0.3, 0.4) is 0 Å². The molecule has 0 radical (unpaired) electrons. The van der Waals surface area contributed by atoms with Crippen LogP contribution in [-0.4, -0.2) is 31.7 Å². The third kappa shape index (κ3) is 4.35. The molecule has 0 atom stereocenters. The molecular weight excluding hydrogens is 362 g/mol. The highest BCUT2D eigenvalue weighted by Crippen LogP contribution is 2.26. The molecule has 2 aromatic rings. The van der Waals surface area contributed by atoms with Crippen LogP contribution < -0.4 is 5.32 Å². The molecule has 0 bridgehead atoms. The highest BCUT2D eigenvalue weighted by atomic mass is 32.2. The summed E-state index contributed by atoms with van der Waals surface area (Å²) in [7, 11) is -3.64. The van der Waals surface area contributed by atoms with Crippen LogP contribution in [0.25, 0.3) is 0 Å². The normalized spacial score (nSPS) is 11.3. The number of benzene rings is 2. The van der Waals surface area contributed by atoms with E-state index in [4.69, 9.17) is 5.26 Å². The van der Waals surface area contributed by atoms with E-state index in [1.807, 2.05) is 19.9 Å². The van der Waals surface area contributed by atoms with E-state index in [9.17, 15) is 13.2 Å². The lowest BCUT2D eigenvalue weighted by molar-refractivity contribution is 0.102. The second kappa shape index (κ2) is 8.33. The number of nitrogens with zero attached hydrogens (tertiary/aromatic N) is 2. The maximum absolute atomic E-state index is 12.8. The van der Waals surface area contributed by atoms with Gasteiger partial charge in [0.1, 0.15) is 0 Å². The Kier molecular flexibility index (Phi) is 6.37. The van der Waals surface area contributed by atoms with Crippen molar-refractivity contribution in [3.8, 4) is 6.07 Å². The molecule has 27 heavy (non-hydrogen) atoms. The van der Waals surface area contributed by atoms with Gasteiger partial charge in [0.05, 0.1) is 16.5 Å². The number of hydrogen-bond donors (Lipinski definition) is 1. The fourth-order valence-electron chi connectivity index (χ4n) is 2.74. The molecule has 1 N–H and O–H groups in total. The largest absolute Gasteiger partial charge is 0.322 e. The molecule has 0 aromatic heterocycles. The summed E-state index contributed by atoms with van der Waals surface area (Å²) in [5.41, 5.74) is 2.72. The van der Waals surface area contributed by atoms with E-state index < -0.39 is 15.9 Å². The molecule has 2 rings (SSSR count). The first-order chi connectivity index (χ1) is 12.7. The van der Waals surface area contributed by atoms with Gasteiger partial charge in [-0.2, -0.15) is 9.57 Å². The molecule has 0 unspecified atom stereocenters. The van der Waals surface area contributed by atoms with E-state index in [-0.39, 0.29) is 4.90 Å². The Balaban J connectivity index is 2.44. The van der Waals surface area contributed by atoms with Crippen LogP contribution in [0.5, 0.6) is 0 Å². The molecule has 0 fully saturated rings. The lowest BCUT2D eigenvalue weighted by Crippen LogP contribution is -2.30. The van der Waals surface area contributed by atoms with Crippen LogP contribution in [-0.2, 0) is 10.0 Å². The van der Waals surface area contributed by atoms with Gasteiger partial charge >= 0.3 is 0 Å². The number of carbonyl (C=O) groups is 1. The van der Waals surface area contributed by atoms with Gasteiger partial charge in [0.15, 0.2) is 0 Å². The average molecular weight is 385 g/mol. The number of anilines is 1. The second-order valence-electron chi connectivity index (χ2n) is 6.15. The molecule has 0 spiro atoms. The predicted molar refractivity (Wildman–Crippen MR) is 105 cm³/mol. The van der Waals surface area contributed by atoms with E-state index in [2.05, 4.69) is 5.32 Å². The molecule has 2 aromatic carbocycles. The number of rotatable bonds is 6. The molecule has 1 amide bonds. The average Bonchev–Trinajstić information content (AvgIpc) is 2.65. The third-order valence-electron chi connectivity index (χ3n) is 4.49. The van der Waals surface area contributed by atoms with Gasteiger partial charge in [0, 0.05) is 24.3 Å². The molecule has 0 aliphatic rings. The molecule has 0 aliphatic heterocycles. The number of aryl methyl sites for hydroxylation is 1. The standard InChI is InChI=1S/C20H23N3O3S/c1-5-23(6-2)27(25,26)18-10-14(3)15(4)19(12-18)22-20(24)17-9-7-8-16(11-17)13-21/h7-12H,5-6H2,1-4H3,(H,22,24). The summed E-state index contributed by atoms with van der Waals surface area (Å²) in [5, 5.41) is 11.8. The van der Waals surface area contributed by atoms with E-state index in [0.29, 0.717) is 29.9 Å². The van der Waals surface area contributed by atoms with E-state index in [1.165, 1.54) is 16.4 Å². The summed E-state index contributed by atoms with van der Waals surface area (Å²) in [6, 6.07) is 11.5. The number of nitriles is 1. The number of amides is 1. The minimum Gasteiger partial charge on any atom is -0.322 e. The van der Waals surface area contributed by atoms with Crippen molar-refractivity contribution in [3.63, 3.8) is 0 Å². The second-order valence-corrected chi connectivity index (χ2v) is 8.09. The summed E-state index contributed by atoms with van der Waals surface area (Å²) < 4.78 is 27.0. The summed E-state index contributed by atoms with van der Waals surface area (Å²) in [6.07, 6.45) is 0. The smallest absolute Gasteiger partial charge is 0.255 e. The zero-order valence-electron chi connectivity index (χ0n) is 15.9. The van der Waals surface area contributed by atoms with Crippen LogP contribution >= 0.6 is 0 Å². The molecule has 0 heterocycles.